The SMILES string of the molecule is CC(C)N(CC(=O)N(Cc1cccn1C)C1CC1)C(=O)c1ccc([N+](=O)[O-])cc1. The fraction of sp³-hybridized carbons (Fsp3) is 0.429. The van der Waals surface area contributed by atoms with E-state index in [1.807, 2.05) is 48.7 Å². The van der Waals surface area contributed by atoms with Crippen LogP contribution in [0, 0.1) is 10.1 Å². The Morgan fingerprint density at radius 2 is 1.86 bits per heavy atom. The van der Waals surface area contributed by atoms with E-state index in [1.54, 1.807) is 0 Å². The molecule has 0 aliphatic heterocycles. The summed E-state index contributed by atoms with van der Waals surface area (Å²) in [6.07, 6.45) is 3.91. The van der Waals surface area contributed by atoms with Crippen molar-refractivity contribution in [2.24, 2.45) is 7.05 Å². The van der Waals surface area contributed by atoms with E-state index in [0.717, 1.165) is 18.5 Å². The number of nitro groups is 1. The number of hydrogen-bond donors (Lipinski definition) is 0. The third-order valence-corrected chi connectivity index (χ3v) is 5.21. The Kier molecular flexibility index (Phi) is 6.00. The van der Waals surface area contributed by atoms with E-state index in [2.05, 4.69) is 0 Å². The van der Waals surface area contributed by atoms with Gasteiger partial charge in [-0.05, 0) is 51.0 Å². The van der Waals surface area contributed by atoms with Crippen LogP contribution in [0.4, 0.5) is 5.69 Å². The molecule has 1 fully saturated rings. The van der Waals surface area contributed by atoms with Crippen molar-refractivity contribution in [2.45, 2.75) is 45.3 Å². The van der Waals surface area contributed by atoms with Gasteiger partial charge in [-0.1, -0.05) is 0 Å². The number of carbonyl (C=O) groups excluding carboxylic acids is 2. The summed E-state index contributed by atoms with van der Waals surface area (Å²) in [6, 6.07) is 9.46. The van der Waals surface area contributed by atoms with E-state index in [1.165, 1.54) is 29.2 Å². The van der Waals surface area contributed by atoms with Crippen LogP contribution in [-0.4, -0.2) is 49.7 Å². The van der Waals surface area contributed by atoms with Crippen LogP contribution in [0.15, 0.2) is 42.6 Å². The molecule has 0 N–H and O–H groups in total. The molecular weight excluding hydrogens is 372 g/mol. The maximum absolute atomic E-state index is 13.1. The Bertz CT molecular complexity index is 900. The lowest BCUT2D eigenvalue weighted by molar-refractivity contribution is -0.384. The van der Waals surface area contributed by atoms with Gasteiger partial charge in [0.1, 0.15) is 6.54 Å². The number of nitrogens with zero attached hydrogens (tertiary/aromatic N) is 4. The average molecular weight is 398 g/mol. The number of non-ortho nitro benzene ring substituents is 1. The molecule has 8 nitrogen and oxygen atoms in total. The highest BCUT2D eigenvalue weighted by atomic mass is 16.6. The third kappa shape index (κ3) is 4.82. The van der Waals surface area contributed by atoms with Gasteiger partial charge >= 0.3 is 0 Å². The van der Waals surface area contributed by atoms with Crippen molar-refractivity contribution in [2.75, 3.05) is 6.54 Å². The first-order chi connectivity index (χ1) is 13.8. The largest absolute Gasteiger partial charge is 0.353 e. The van der Waals surface area contributed by atoms with E-state index in [4.69, 9.17) is 0 Å². The quantitative estimate of drug-likeness (QED) is 0.505. The van der Waals surface area contributed by atoms with Crippen LogP contribution >= 0.6 is 0 Å². The zero-order valence-corrected chi connectivity index (χ0v) is 16.9. The molecule has 1 aromatic heterocycles. The zero-order chi connectivity index (χ0) is 21.1. The van der Waals surface area contributed by atoms with Crippen LogP contribution < -0.4 is 0 Å². The molecule has 0 saturated heterocycles. The molecule has 1 heterocycles. The average Bonchev–Trinajstić information content (AvgIpc) is 3.45. The normalized spacial score (nSPS) is 13.4. The minimum absolute atomic E-state index is 0.0194. The summed E-state index contributed by atoms with van der Waals surface area (Å²) in [7, 11) is 1.95. The summed E-state index contributed by atoms with van der Waals surface area (Å²) in [5.41, 5.74) is 1.30. The maximum Gasteiger partial charge on any atom is 0.269 e. The van der Waals surface area contributed by atoms with Gasteiger partial charge in [-0.2, -0.15) is 0 Å². The van der Waals surface area contributed by atoms with Crippen LogP contribution in [0.2, 0.25) is 0 Å². The minimum Gasteiger partial charge on any atom is -0.353 e. The highest BCUT2D eigenvalue weighted by molar-refractivity contribution is 5.97. The van der Waals surface area contributed by atoms with Gasteiger partial charge in [-0.25, -0.2) is 0 Å². The second-order valence-electron chi connectivity index (χ2n) is 7.69. The molecule has 154 valence electrons. The smallest absolute Gasteiger partial charge is 0.269 e. The molecule has 2 aromatic rings. The van der Waals surface area contributed by atoms with Crippen LogP contribution in [-0.2, 0) is 18.4 Å². The minimum atomic E-state index is -0.505. The predicted octanol–water partition coefficient (Wildman–Crippen LogP) is 2.98. The fourth-order valence-corrected chi connectivity index (χ4v) is 3.26. The summed E-state index contributed by atoms with van der Waals surface area (Å²) in [5.74, 6) is -0.393. The number of benzene rings is 1. The number of carbonyl (C=O) groups is 2. The number of aromatic nitrogens is 1. The van der Waals surface area contributed by atoms with Gasteiger partial charge in [-0.15, -0.1) is 0 Å². The second-order valence-corrected chi connectivity index (χ2v) is 7.69. The molecule has 1 saturated carbocycles. The van der Waals surface area contributed by atoms with E-state index < -0.39 is 4.92 Å². The van der Waals surface area contributed by atoms with Gasteiger partial charge in [0, 0.05) is 48.7 Å². The van der Waals surface area contributed by atoms with Crippen molar-refractivity contribution in [1.29, 1.82) is 0 Å². The summed E-state index contributed by atoms with van der Waals surface area (Å²) < 4.78 is 1.99. The third-order valence-electron chi connectivity index (χ3n) is 5.21. The number of amides is 2. The lowest BCUT2D eigenvalue weighted by Crippen LogP contribution is -2.46. The Labute approximate surface area is 169 Å². The van der Waals surface area contributed by atoms with Crippen LogP contribution in [0.3, 0.4) is 0 Å². The van der Waals surface area contributed by atoms with E-state index in [-0.39, 0.29) is 36.1 Å². The zero-order valence-electron chi connectivity index (χ0n) is 16.9. The van der Waals surface area contributed by atoms with E-state index in [0.29, 0.717) is 12.1 Å². The van der Waals surface area contributed by atoms with Gasteiger partial charge in [0.05, 0.1) is 11.5 Å². The molecular formula is C21H26N4O4. The molecule has 29 heavy (non-hydrogen) atoms. The molecule has 0 unspecified atom stereocenters. The first-order valence-corrected chi connectivity index (χ1v) is 9.73. The van der Waals surface area contributed by atoms with Gasteiger partial charge < -0.3 is 14.4 Å². The first-order valence-electron chi connectivity index (χ1n) is 9.73. The van der Waals surface area contributed by atoms with Crippen molar-refractivity contribution in [1.82, 2.24) is 14.4 Å². The van der Waals surface area contributed by atoms with Crippen LogP contribution in [0.25, 0.3) is 0 Å². The lowest BCUT2D eigenvalue weighted by Gasteiger charge is -2.30. The van der Waals surface area contributed by atoms with E-state index in [9.17, 15) is 19.7 Å². The van der Waals surface area contributed by atoms with Crippen LogP contribution in [0.1, 0.15) is 42.7 Å². The molecule has 2 amide bonds. The molecule has 0 bridgehead atoms. The summed E-state index contributed by atoms with van der Waals surface area (Å²) in [6.45, 7) is 4.21. The van der Waals surface area contributed by atoms with Crippen LogP contribution in [0.5, 0.6) is 0 Å². The molecule has 8 heteroatoms. The molecule has 0 radical (unpaired) electrons. The standard InChI is InChI=1S/C21H26N4O4/c1-15(2)23(21(27)16-6-8-18(9-7-16)25(28)29)14-20(26)24(17-10-11-17)13-19-5-4-12-22(19)3/h4-9,12,15,17H,10-11,13-14H2,1-3H3. The topological polar surface area (TPSA) is 88.7 Å². The predicted molar refractivity (Wildman–Crippen MR) is 108 cm³/mol. The van der Waals surface area contributed by atoms with Crippen molar-refractivity contribution in [3.8, 4) is 0 Å². The van der Waals surface area contributed by atoms with Gasteiger partial charge in [0.15, 0.2) is 0 Å². The monoisotopic (exact) mass is 398 g/mol. The Balaban J connectivity index is 1.74. The van der Waals surface area contributed by atoms with Gasteiger partial charge in [0.2, 0.25) is 5.91 Å². The summed E-state index contributed by atoms with van der Waals surface area (Å²) in [5, 5.41) is 10.8. The van der Waals surface area contributed by atoms with Gasteiger partial charge in [0.25, 0.3) is 11.6 Å². The van der Waals surface area contributed by atoms with E-state index >= 15 is 0 Å². The molecule has 0 atom stereocenters. The second kappa shape index (κ2) is 8.46. The van der Waals surface area contributed by atoms with Crippen molar-refractivity contribution >= 4 is 17.5 Å². The molecule has 1 aliphatic carbocycles. The van der Waals surface area contributed by atoms with Crippen molar-refractivity contribution in [3.05, 3.63) is 64.0 Å². The Morgan fingerprint density at radius 3 is 2.34 bits per heavy atom. The Hall–Kier alpha value is -3.16. The molecule has 3 rings (SSSR count). The van der Waals surface area contributed by atoms with Crippen molar-refractivity contribution < 1.29 is 14.5 Å². The lowest BCUT2D eigenvalue weighted by atomic mass is 10.1. The molecule has 1 aliphatic rings. The Morgan fingerprint density at radius 1 is 1.21 bits per heavy atom. The highest BCUT2D eigenvalue weighted by Crippen LogP contribution is 2.29. The fourth-order valence-electron chi connectivity index (χ4n) is 3.26. The highest BCUT2D eigenvalue weighted by Gasteiger charge is 2.34. The van der Waals surface area contributed by atoms with Crippen molar-refractivity contribution in [3.63, 3.8) is 0 Å². The number of hydrogen-bond acceptors (Lipinski definition) is 4. The number of aryl methyl sites for hydroxylation is 1. The first kappa shape index (κ1) is 20.6. The summed E-state index contributed by atoms with van der Waals surface area (Å²) >= 11 is 0. The number of rotatable bonds is 8. The number of nitro benzene ring substituents is 1. The molecule has 0 spiro atoms. The molecule has 1 aromatic carbocycles. The maximum atomic E-state index is 13.1. The summed E-state index contributed by atoms with van der Waals surface area (Å²) in [4.78, 5) is 39.7. The van der Waals surface area contributed by atoms with Gasteiger partial charge in [-0.3, -0.25) is 19.7 Å².